The van der Waals surface area contributed by atoms with Crippen LogP contribution < -0.4 is 5.73 Å². The summed E-state index contributed by atoms with van der Waals surface area (Å²) < 4.78 is 4.96. The summed E-state index contributed by atoms with van der Waals surface area (Å²) in [7, 11) is 0. The van der Waals surface area contributed by atoms with E-state index in [4.69, 9.17) is 10.3 Å². The zero-order valence-corrected chi connectivity index (χ0v) is 10.0. The van der Waals surface area contributed by atoms with Crippen LogP contribution in [0, 0.1) is 12.8 Å². The first-order valence-corrected chi connectivity index (χ1v) is 5.92. The standard InChI is InChI=1S/C11H20N4O/c1-8(12)10-3-5-15(6-4-10)7-11-13-9(2)16-14-11/h8,10H,3-7,12H2,1-2H3. The van der Waals surface area contributed by atoms with E-state index in [1.54, 1.807) is 0 Å². The van der Waals surface area contributed by atoms with Gasteiger partial charge in [0.05, 0.1) is 6.54 Å². The highest BCUT2D eigenvalue weighted by Gasteiger charge is 2.22. The fourth-order valence-electron chi connectivity index (χ4n) is 2.24. The summed E-state index contributed by atoms with van der Waals surface area (Å²) in [5.41, 5.74) is 5.91. The van der Waals surface area contributed by atoms with E-state index in [0.29, 0.717) is 17.9 Å². The van der Waals surface area contributed by atoms with Gasteiger partial charge in [-0.25, -0.2) is 0 Å². The smallest absolute Gasteiger partial charge is 0.223 e. The molecule has 0 bridgehead atoms. The van der Waals surface area contributed by atoms with Gasteiger partial charge in [-0.2, -0.15) is 4.98 Å². The zero-order valence-electron chi connectivity index (χ0n) is 10.0. The van der Waals surface area contributed by atoms with Gasteiger partial charge < -0.3 is 10.3 Å². The Labute approximate surface area is 96.0 Å². The molecule has 1 aliphatic rings. The van der Waals surface area contributed by atoms with Crippen molar-refractivity contribution in [2.24, 2.45) is 11.7 Å². The molecule has 2 rings (SSSR count). The van der Waals surface area contributed by atoms with Crippen LogP contribution in [0.2, 0.25) is 0 Å². The minimum absolute atomic E-state index is 0.314. The van der Waals surface area contributed by atoms with Crippen LogP contribution in [0.4, 0.5) is 0 Å². The highest BCUT2D eigenvalue weighted by molar-refractivity contribution is 4.86. The third-order valence-electron chi connectivity index (χ3n) is 3.31. The molecule has 1 aliphatic heterocycles. The van der Waals surface area contributed by atoms with Crippen LogP contribution >= 0.6 is 0 Å². The summed E-state index contributed by atoms with van der Waals surface area (Å²) >= 11 is 0. The fraction of sp³-hybridized carbons (Fsp3) is 0.818. The molecule has 1 aromatic heterocycles. The summed E-state index contributed by atoms with van der Waals surface area (Å²) in [5.74, 6) is 2.10. The van der Waals surface area contributed by atoms with Crippen molar-refractivity contribution in [3.05, 3.63) is 11.7 Å². The van der Waals surface area contributed by atoms with Gasteiger partial charge in [-0.3, -0.25) is 4.90 Å². The highest BCUT2D eigenvalue weighted by atomic mass is 16.5. The molecule has 5 nitrogen and oxygen atoms in total. The minimum atomic E-state index is 0.314. The summed E-state index contributed by atoms with van der Waals surface area (Å²) in [6.45, 7) is 6.88. The van der Waals surface area contributed by atoms with Crippen LogP contribution in [-0.4, -0.2) is 34.2 Å². The normalized spacial score (nSPS) is 21.2. The Bertz CT molecular complexity index is 328. The first-order chi connectivity index (χ1) is 7.65. The predicted molar refractivity (Wildman–Crippen MR) is 60.7 cm³/mol. The number of aryl methyl sites for hydroxylation is 1. The second-order valence-electron chi connectivity index (χ2n) is 4.70. The maximum absolute atomic E-state index is 5.91. The second-order valence-corrected chi connectivity index (χ2v) is 4.70. The number of nitrogens with two attached hydrogens (primary N) is 1. The van der Waals surface area contributed by atoms with Gasteiger partial charge in [0.1, 0.15) is 0 Å². The van der Waals surface area contributed by atoms with E-state index >= 15 is 0 Å². The third-order valence-corrected chi connectivity index (χ3v) is 3.31. The lowest BCUT2D eigenvalue weighted by Gasteiger charge is -2.32. The van der Waals surface area contributed by atoms with E-state index < -0.39 is 0 Å². The Hall–Kier alpha value is -0.940. The second kappa shape index (κ2) is 4.93. The van der Waals surface area contributed by atoms with Crippen molar-refractivity contribution >= 4 is 0 Å². The van der Waals surface area contributed by atoms with Crippen molar-refractivity contribution < 1.29 is 4.52 Å². The SMILES string of the molecule is Cc1nc(CN2CCC(C(C)N)CC2)no1. The van der Waals surface area contributed by atoms with Crippen molar-refractivity contribution in [3.8, 4) is 0 Å². The highest BCUT2D eigenvalue weighted by Crippen LogP contribution is 2.20. The van der Waals surface area contributed by atoms with Crippen molar-refractivity contribution in [2.75, 3.05) is 13.1 Å². The fourth-order valence-corrected chi connectivity index (χ4v) is 2.24. The Morgan fingerprint density at radius 2 is 2.19 bits per heavy atom. The molecule has 0 aromatic carbocycles. The maximum Gasteiger partial charge on any atom is 0.223 e. The van der Waals surface area contributed by atoms with Crippen LogP contribution in [0.5, 0.6) is 0 Å². The van der Waals surface area contributed by atoms with Gasteiger partial charge in [-0.15, -0.1) is 0 Å². The molecule has 0 amide bonds. The lowest BCUT2D eigenvalue weighted by Crippen LogP contribution is -2.39. The first kappa shape index (κ1) is 11.5. The molecule has 1 saturated heterocycles. The lowest BCUT2D eigenvalue weighted by atomic mass is 9.91. The Kier molecular flexibility index (Phi) is 3.56. The van der Waals surface area contributed by atoms with E-state index in [9.17, 15) is 0 Å². The quantitative estimate of drug-likeness (QED) is 0.827. The van der Waals surface area contributed by atoms with Crippen molar-refractivity contribution in [2.45, 2.75) is 39.3 Å². The van der Waals surface area contributed by atoms with Crippen molar-refractivity contribution in [3.63, 3.8) is 0 Å². The molecular weight excluding hydrogens is 204 g/mol. The monoisotopic (exact) mass is 224 g/mol. The van der Waals surface area contributed by atoms with E-state index in [0.717, 1.165) is 25.5 Å². The topological polar surface area (TPSA) is 68.2 Å². The Balaban J connectivity index is 1.81. The molecule has 2 heterocycles. The van der Waals surface area contributed by atoms with E-state index in [1.807, 2.05) is 6.92 Å². The van der Waals surface area contributed by atoms with E-state index in [-0.39, 0.29) is 0 Å². The van der Waals surface area contributed by atoms with Gasteiger partial charge in [-0.05, 0) is 38.8 Å². The Morgan fingerprint density at radius 3 is 2.69 bits per heavy atom. The van der Waals surface area contributed by atoms with Gasteiger partial charge in [0, 0.05) is 13.0 Å². The number of piperidine rings is 1. The number of likely N-dealkylation sites (tertiary alicyclic amines) is 1. The summed E-state index contributed by atoms with van der Waals surface area (Å²) in [4.78, 5) is 6.58. The molecule has 1 fully saturated rings. The third kappa shape index (κ3) is 2.80. The zero-order chi connectivity index (χ0) is 11.5. The largest absolute Gasteiger partial charge is 0.340 e. The van der Waals surface area contributed by atoms with Gasteiger partial charge in [-0.1, -0.05) is 5.16 Å². The lowest BCUT2D eigenvalue weighted by molar-refractivity contribution is 0.161. The minimum Gasteiger partial charge on any atom is -0.340 e. The van der Waals surface area contributed by atoms with E-state index in [1.165, 1.54) is 12.8 Å². The molecule has 1 unspecified atom stereocenters. The molecule has 1 atom stereocenters. The first-order valence-electron chi connectivity index (χ1n) is 5.92. The molecule has 2 N–H and O–H groups in total. The van der Waals surface area contributed by atoms with Crippen molar-refractivity contribution in [1.82, 2.24) is 15.0 Å². The van der Waals surface area contributed by atoms with Gasteiger partial charge in [0.15, 0.2) is 5.82 Å². The average Bonchev–Trinajstić information content (AvgIpc) is 2.65. The number of hydrogen-bond acceptors (Lipinski definition) is 5. The number of nitrogens with zero attached hydrogens (tertiary/aromatic N) is 3. The maximum atomic E-state index is 5.91. The van der Waals surface area contributed by atoms with Crippen LogP contribution in [-0.2, 0) is 6.54 Å². The van der Waals surface area contributed by atoms with Crippen LogP contribution in [0.3, 0.4) is 0 Å². The number of rotatable bonds is 3. The average molecular weight is 224 g/mol. The molecule has 0 saturated carbocycles. The molecule has 0 radical (unpaired) electrons. The van der Waals surface area contributed by atoms with Crippen LogP contribution in [0.15, 0.2) is 4.52 Å². The van der Waals surface area contributed by atoms with Gasteiger partial charge >= 0.3 is 0 Å². The molecular formula is C11H20N4O. The van der Waals surface area contributed by atoms with Gasteiger partial charge in [0.25, 0.3) is 0 Å². The summed E-state index contributed by atoms with van der Waals surface area (Å²) in [6, 6.07) is 0.314. The molecule has 90 valence electrons. The van der Waals surface area contributed by atoms with Crippen LogP contribution in [0.25, 0.3) is 0 Å². The molecule has 16 heavy (non-hydrogen) atoms. The van der Waals surface area contributed by atoms with Crippen LogP contribution in [0.1, 0.15) is 31.5 Å². The number of aromatic nitrogens is 2. The van der Waals surface area contributed by atoms with Crippen molar-refractivity contribution in [1.29, 1.82) is 0 Å². The summed E-state index contributed by atoms with van der Waals surface area (Å²) in [6.07, 6.45) is 2.35. The predicted octanol–water partition coefficient (Wildman–Crippen LogP) is 0.937. The molecule has 0 spiro atoms. The molecule has 1 aromatic rings. The van der Waals surface area contributed by atoms with E-state index in [2.05, 4.69) is 22.0 Å². The summed E-state index contributed by atoms with van der Waals surface area (Å²) in [5, 5.41) is 3.91. The number of hydrogen-bond donors (Lipinski definition) is 1. The molecule has 0 aliphatic carbocycles. The van der Waals surface area contributed by atoms with Gasteiger partial charge in [0.2, 0.25) is 5.89 Å². The molecule has 5 heteroatoms. The Morgan fingerprint density at radius 1 is 1.50 bits per heavy atom.